The van der Waals surface area contributed by atoms with Crippen molar-refractivity contribution in [3.8, 4) is 11.5 Å². The molecule has 100 valence electrons. The number of rotatable bonds is 4. The van der Waals surface area contributed by atoms with Gasteiger partial charge in [0.2, 0.25) is 0 Å². The Hall–Kier alpha value is -1.71. The van der Waals surface area contributed by atoms with E-state index in [1.165, 1.54) is 0 Å². The van der Waals surface area contributed by atoms with Crippen LogP contribution in [0.25, 0.3) is 0 Å². The second kappa shape index (κ2) is 5.95. The molecule has 0 radical (unpaired) electrons. The molecule has 3 N–H and O–H groups in total. The zero-order chi connectivity index (χ0) is 13.8. The summed E-state index contributed by atoms with van der Waals surface area (Å²) in [6, 6.07) is 12.4. The fourth-order valence-corrected chi connectivity index (χ4v) is 1.91. The number of ether oxygens (including phenoxy) is 1. The third-order valence-corrected chi connectivity index (χ3v) is 3.11. The molecular weight excluding hydrogens is 262 g/mol. The van der Waals surface area contributed by atoms with Crippen LogP contribution in [0.4, 0.5) is 0 Å². The van der Waals surface area contributed by atoms with Crippen LogP contribution < -0.4 is 10.5 Å². The van der Waals surface area contributed by atoms with E-state index in [9.17, 15) is 5.11 Å². The van der Waals surface area contributed by atoms with Gasteiger partial charge in [0.15, 0.2) is 0 Å². The average Bonchev–Trinajstić information content (AvgIpc) is 2.39. The van der Waals surface area contributed by atoms with Gasteiger partial charge in [0, 0.05) is 6.04 Å². The van der Waals surface area contributed by atoms with E-state index in [4.69, 9.17) is 22.1 Å². The molecule has 2 aromatic carbocycles. The van der Waals surface area contributed by atoms with Crippen molar-refractivity contribution >= 4 is 11.6 Å². The van der Waals surface area contributed by atoms with Crippen molar-refractivity contribution in [1.29, 1.82) is 0 Å². The second-order valence-electron chi connectivity index (χ2n) is 4.43. The lowest BCUT2D eigenvalue weighted by atomic mass is 10.1. The van der Waals surface area contributed by atoms with E-state index < -0.39 is 0 Å². The molecule has 0 saturated heterocycles. The minimum Gasteiger partial charge on any atom is -0.508 e. The summed E-state index contributed by atoms with van der Waals surface area (Å²) < 4.78 is 5.64. The van der Waals surface area contributed by atoms with Crippen molar-refractivity contribution in [3.05, 3.63) is 58.6 Å². The minimum absolute atomic E-state index is 0.0522. The van der Waals surface area contributed by atoms with Crippen molar-refractivity contribution in [2.75, 3.05) is 0 Å². The maximum Gasteiger partial charge on any atom is 0.138 e. The van der Waals surface area contributed by atoms with Gasteiger partial charge < -0.3 is 15.6 Å². The Bertz CT molecular complexity index is 553. The topological polar surface area (TPSA) is 55.5 Å². The van der Waals surface area contributed by atoms with Crippen LogP contribution in [0.15, 0.2) is 42.5 Å². The number of nitrogens with two attached hydrogens (primary N) is 1. The molecule has 0 amide bonds. The van der Waals surface area contributed by atoms with Crippen LogP contribution >= 0.6 is 11.6 Å². The number of phenols is 1. The lowest BCUT2D eigenvalue weighted by molar-refractivity contribution is 0.306. The summed E-state index contributed by atoms with van der Waals surface area (Å²) in [5, 5.41) is 9.74. The standard InChI is InChI=1S/C15H16ClNO2/c1-10(17)12-4-7-15(14(16)8-12)19-9-11-2-5-13(18)6-3-11/h2-8,10,18H,9,17H2,1H3. The number of phenolic OH excluding ortho intramolecular Hbond substituents is 1. The van der Waals surface area contributed by atoms with Crippen LogP contribution in [0.5, 0.6) is 11.5 Å². The first-order valence-corrected chi connectivity index (χ1v) is 6.40. The van der Waals surface area contributed by atoms with E-state index in [0.29, 0.717) is 17.4 Å². The molecule has 0 aliphatic carbocycles. The van der Waals surface area contributed by atoms with Crippen molar-refractivity contribution in [2.45, 2.75) is 19.6 Å². The molecule has 0 bridgehead atoms. The van der Waals surface area contributed by atoms with Crippen molar-refractivity contribution in [3.63, 3.8) is 0 Å². The van der Waals surface area contributed by atoms with Crippen LogP contribution in [0.2, 0.25) is 5.02 Å². The maximum atomic E-state index is 9.19. The van der Waals surface area contributed by atoms with Crippen LogP contribution in [0.3, 0.4) is 0 Å². The van der Waals surface area contributed by atoms with Gasteiger partial charge in [-0.3, -0.25) is 0 Å². The lowest BCUT2D eigenvalue weighted by Gasteiger charge is -2.11. The molecule has 4 heteroatoms. The monoisotopic (exact) mass is 277 g/mol. The van der Waals surface area contributed by atoms with Gasteiger partial charge in [0.05, 0.1) is 5.02 Å². The number of halogens is 1. The van der Waals surface area contributed by atoms with Gasteiger partial charge >= 0.3 is 0 Å². The average molecular weight is 278 g/mol. The first kappa shape index (κ1) is 13.7. The highest BCUT2D eigenvalue weighted by Crippen LogP contribution is 2.28. The summed E-state index contributed by atoms with van der Waals surface area (Å²) in [6.07, 6.45) is 0. The Kier molecular flexibility index (Phi) is 4.30. The Morgan fingerprint density at radius 2 is 1.89 bits per heavy atom. The van der Waals surface area contributed by atoms with Gasteiger partial charge in [0.1, 0.15) is 18.1 Å². The normalized spacial score (nSPS) is 12.2. The third kappa shape index (κ3) is 3.63. The molecule has 3 nitrogen and oxygen atoms in total. The molecule has 1 atom stereocenters. The SMILES string of the molecule is CC(N)c1ccc(OCc2ccc(O)cc2)c(Cl)c1. The molecule has 0 aromatic heterocycles. The number of aromatic hydroxyl groups is 1. The van der Waals surface area contributed by atoms with E-state index in [0.717, 1.165) is 11.1 Å². The van der Waals surface area contributed by atoms with Gasteiger partial charge in [-0.2, -0.15) is 0 Å². The maximum absolute atomic E-state index is 9.19. The zero-order valence-electron chi connectivity index (χ0n) is 10.6. The number of hydrogen-bond acceptors (Lipinski definition) is 3. The number of hydrogen-bond donors (Lipinski definition) is 2. The fraction of sp³-hybridized carbons (Fsp3) is 0.200. The first-order chi connectivity index (χ1) is 9.06. The van der Waals surface area contributed by atoms with Crippen molar-refractivity contribution in [2.24, 2.45) is 5.73 Å². The van der Waals surface area contributed by atoms with E-state index >= 15 is 0 Å². The molecule has 2 aromatic rings. The van der Waals surface area contributed by atoms with Crippen molar-refractivity contribution < 1.29 is 9.84 Å². The Morgan fingerprint density at radius 3 is 2.47 bits per heavy atom. The number of benzene rings is 2. The molecule has 0 aliphatic rings. The predicted molar refractivity (Wildman–Crippen MR) is 76.5 cm³/mol. The molecule has 0 heterocycles. The summed E-state index contributed by atoms with van der Waals surface area (Å²) in [6.45, 7) is 2.31. The van der Waals surface area contributed by atoms with Crippen molar-refractivity contribution in [1.82, 2.24) is 0 Å². The fourth-order valence-electron chi connectivity index (χ4n) is 1.67. The van der Waals surface area contributed by atoms with E-state index in [1.54, 1.807) is 24.3 Å². The van der Waals surface area contributed by atoms with Gasteiger partial charge in [0.25, 0.3) is 0 Å². The molecule has 0 saturated carbocycles. The van der Waals surface area contributed by atoms with Crippen LogP contribution in [-0.4, -0.2) is 5.11 Å². The molecule has 19 heavy (non-hydrogen) atoms. The molecule has 0 fully saturated rings. The van der Waals surface area contributed by atoms with Gasteiger partial charge in [-0.05, 0) is 42.3 Å². The predicted octanol–water partition coefficient (Wildman–Crippen LogP) is 3.64. The molecular formula is C15H16ClNO2. The molecule has 2 rings (SSSR count). The summed E-state index contributed by atoms with van der Waals surface area (Å²) >= 11 is 6.14. The second-order valence-corrected chi connectivity index (χ2v) is 4.84. The summed E-state index contributed by atoms with van der Waals surface area (Å²) in [5.41, 5.74) is 7.73. The van der Waals surface area contributed by atoms with Gasteiger partial charge in [-0.25, -0.2) is 0 Å². The quantitative estimate of drug-likeness (QED) is 0.897. The van der Waals surface area contributed by atoms with E-state index in [-0.39, 0.29) is 11.8 Å². The molecule has 1 unspecified atom stereocenters. The summed E-state index contributed by atoms with van der Waals surface area (Å²) in [5.74, 6) is 0.863. The highest BCUT2D eigenvalue weighted by atomic mass is 35.5. The smallest absolute Gasteiger partial charge is 0.138 e. The molecule has 0 spiro atoms. The minimum atomic E-state index is -0.0522. The van der Waals surface area contributed by atoms with Gasteiger partial charge in [-0.15, -0.1) is 0 Å². The lowest BCUT2D eigenvalue weighted by Crippen LogP contribution is -2.05. The highest BCUT2D eigenvalue weighted by molar-refractivity contribution is 6.32. The van der Waals surface area contributed by atoms with Crippen LogP contribution in [-0.2, 0) is 6.61 Å². The van der Waals surface area contributed by atoms with E-state index in [2.05, 4.69) is 0 Å². The van der Waals surface area contributed by atoms with Crippen LogP contribution in [0, 0.1) is 0 Å². The highest BCUT2D eigenvalue weighted by Gasteiger charge is 2.06. The first-order valence-electron chi connectivity index (χ1n) is 6.02. The third-order valence-electron chi connectivity index (χ3n) is 2.81. The van der Waals surface area contributed by atoms with E-state index in [1.807, 2.05) is 25.1 Å². The summed E-state index contributed by atoms with van der Waals surface area (Å²) in [4.78, 5) is 0. The zero-order valence-corrected chi connectivity index (χ0v) is 11.4. The molecule has 0 aliphatic heterocycles. The Balaban J connectivity index is 2.05. The largest absolute Gasteiger partial charge is 0.508 e. The Morgan fingerprint density at radius 1 is 1.21 bits per heavy atom. The van der Waals surface area contributed by atoms with Gasteiger partial charge in [-0.1, -0.05) is 29.8 Å². The Labute approximate surface area is 117 Å². The summed E-state index contributed by atoms with van der Waals surface area (Å²) in [7, 11) is 0. The van der Waals surface area contributed by atoms with Crippen LogP contribution in [0.1, 0.15) is 24.1 Å².